The van der Waals surface area contributed by atoms with E-state index in [1.54, 1.807) is 18.2 Å². The zero-order valence-electron chi connectivity index (χ0n) is 10.5. The third-order valence-electron chi connectivity index (χ3n) is 3.86. The molecule has 0 aromatic heterocycles. The second-order valence-electron chi connectivity index (χ2n) is 5.30. The van der Waals surface area contributed by atoms with Gasteiger partial charge in [-0.15, -0.1) is 0 Å². The van der Waals surface area contributed by atoms with Crippen molar-refractivity contribution in [2.45, 2.75) is 25.9 Å². The van der Waals surface area contributed by atoms with Crippen molar-refractivity contribution in [2.24, 2.45) is 17.8 Å². The molecule has 19 heavy (non-hydrogen) atoms. The van der Waals surface area contributed by atoms with E-state index in [1.165, 1.54) is 0 Å². The first-order valence-corrected chi connectivity index (χ1v) is 7.01. The Morgan fingerprint density at radius 2 is 2.00 bits per heavy atom. The largest absolute Gasteiger partial charge is 0.481 e. The van der Waals surface area contributed by atoms with Crippen LogP contribution in [0.2, 0.25) is 10.0 Å². The number of rotatable bonds is 3. The number of aliphatic hydroxyl groups excluding tert-OH is 1. The Hall–Kier alpha value is -0.770. The quantitative estimate of drug-likeness (QED) is 0.893. The van der Waals surface area contributed by atoms with Gasteiger partial charge in [-0.05, 0) is 36.5 Å². The second kappa shape index (κ2) is 5.70. The fraction of sp³-hybridized carbons (Fsp3) is 0.500. The van der Waals surface area contributed by atoms with Crippen LogP contribution >= 0.6 is 23.2 Å². The first kappa shape index (κ1) is 14.6. The van der Waals surface area contributed by atoms with Crippen molar-refractivity contribution in [1.82, 2.24) is 0 Å². The van der Waals surface area contributed by atoms with E-state index in [9.17, 15) is 15.0 Å². The van der Waals surface area contributed by atoms with Gasteiger partial charge in [-0.25, -0.2) is 0 Å². The molecule has 3 nitrogen and oxygen atoms in total. The van der Waals surface area contributed by atoms with Crippen LogP contribution in [0.3, 0.4) is 0 Å². The average molecular weight is 303 g/mol. The molecule has 5 heteroatoms. The molecule has 0 radical (unpaired) electrons. The van der Waals surface area contributed by atoms with Gasteiger partial charge in [0.1, 0.15) is 0 Å². The highest BCUT2D eigenvalue weighted by Crippen LogP contribution is 2.44. The third-order valence-corrected chi connectivity index (χ3v) is 4.59. The minimum atomic E-state index is -0.839. The summed E-state index contributed by atoms with van der Waals surface area (Å²) < 4.78 is 0. The summed E-state index contributed by atoms with van der Waals surface area (Å²) in [5.41, 5.74) is 0.625. The van der Waals surface area contributed by atoms with Gasteiger partial charge in [-0.2, -0.15) is 0 Å². The lowest BCUT2D eigenvalue weighted by molar-refractivity contribution is -0.144. The van der Waals surface area contributed by atoms with Gasteiger partial charge in [0, 0.05) is 5.92 Å². The van der Waals surface area contributed by atoms with Crippen molar-refractivity contribution in [1.29, 1.82) is 0 Å². The minimum Gasteiger partial charge on any atom is -0.481 e. The van der Waals surface area contributed by atoms with Gasteiger partial charge in [0.25, 0.3) is 0 Å². The molecule has 0 aliphatic heterocycles. The van der Waals surface area contributed by atoms with E-state index in [0.717, 1.165) is 0 Å². The summed E-state index contributed by atoms with van der Waals surface area (Å²) >= 11 is 11.8. The Kier molecular flexibility index (Phi) is 4.39. The molecule has 0 spiro atoms. The van der Waals surface area contributed by atoms with Gasteiger partial charge in [0.15, 0.2) is 0 Å². The van der Waals surface area contributed by atoms with Crippen LogP contribution in [0.5, 0.6) is 0 Å². The Morgan fingerprint density at radius 3 is 2.58 bits per heavy atom. The maximum Gasteiger partial charge on any atom is 0.306 e. The van der Waals surface area contributed by atoms with Crippen molar-refractivity contribution in [3.8, 4) is 0 Å². The van der Waals surface area contributed by atoms with Gasteiger partial charge in [0.05, 0.1) is 22.1 Å². The third kappa shape index (κ3) is 3.04. The van der Waals surface area contributed by atoms with Crippen molar-refractivity contribution in [2.75, 3.05) is 0 Å². The molecular formula is C14H16Cl2O3. The van der Waals surface area contributed by atoms with Crippen LogP contribution in [0.25, 0.3) is 0 Å². The zero-order valence-corrected chi connectivity index (χ0v) is 12.0. The van der Waals surface area contributed by atoms with Crippen LogP contribution < -0.4 is 0 Å². The summed E-state index contributed by atoms with van der Waals surface area (Å²) in [5.74, 6) is -1.30. The molecule has 0 amide bonds. The van der Waals surface area contributed by atoms with Crippen molar-refractivity contribution >= 4 is 29.2 Å². The molecular weight excluding hydrogens is 287 g/mol. The molecule has 0 heterocycles. The number of hydrogen-bond acceptors (Lipinski definition) is 2. The molecule has 4 atom stereocenters. The molecule has 1 aliphatic carbocycles. The number of hydrogen-bond donors (Lipinski definition) is 2. The van der Waals surface area contributed by atoms with Crippen LogP contribution in [-0.2, 0) is 4.79 Å². The fourth-order valence-corrected chi connectivity index (χ4v) is 3.22. The smallest absolute Gasteiger partial charge is 0.306 e. The summed E-state index contributed by atoms with van der Waals surface area (Å²) in [6, 6.07) is 4.92. The number of benzene rings is 1. The van der Waals surface area contributed by atoms with E-state index in [2.05, 4.69) is 0 Å². The maximum absolute atomic E-state index is 11.3. The monoisotopic (exact) mass is 302 g/mol. The van der Waals surface area contributed by atoms with E-state index < -0.39 is 18.0 Å². The van der Waals surface area contributed by atoms with Gasteiger partial charge >= 0.3 is 5.97 Å². The van der Waals surface area contributed by atoms with E-state index in [-0.39, 0.29) is 5.92 Å². The predicted octanol–water partition coefficient (Wildman–Crippen LogP) is 3.77. The lowest BCUT2D eigenvalue weighted by atomic mass is 9.87. The summed E-state index contributed by atoms with van der Waals surface area (Å²) in [6.45, 7) is 2.01. The predicted molar refractivity (Wildman–Crippen MR) is 74.4 cm³/mol. The fourth-order valence-electron chi connectivity index (χ4n) is 2.91. The summed E-state index contributed by atoms with van der Waals surface area (Å²) in [7, 11) is 0. The van der Waals surface area contributed by atoms with Crippen LogP contribution in [0, 0.1) is 17.8 Å². The van der Waals surface area contributed by atoms with Gasteiger partial charge in [-0.3, -0.25) is 4.79 Å². The Morgan fingerprint density at radius 1 is 1.32 bits per heavy atom. The SMILES string of the molecule is CC1CC(C(=O)O)C(C(O)c2ccc(Cl)c(Cl)c2)C1. The first-order chi connectivity index (χ1) is 8.90. The highest BCUT2D eigenvalue weighted by atomic mass is 35.5. The van der Waals surface area contributed by atoms with Crippen molar-refractivity contribution in [3.63, 3.8) is 0 Å². The normalized spacial score (nSPS) is 28.3. The van der Waals surface area contributed by atoms with Crippen LogP contribution in [-0.4, -0.2) is 16.2 Å². The molecule has 1 aromatic rings. The number of carboxylic acid groups (broad SMARTS) is 1. The molecule has 2 N–H and O–H groups in total. The molecule has 1 fully saturated rings. The summed E-state index contributed by atoms with van der Waals surface area (Å²) in [6.07, 6.45) is 0.498. The molecule has 2 rings (SSSR count). The lowest BCUT2D eigenvalue weighted by Crippen LogP contribution is -2.23. The van der Waals surface area contributed by atoms with Gasteiger partial charge in [-0.1, -0.05) is 36.2 Å². The molecule has 1 aromatic carbocycles. The van der Waals surface area contributed by atoms with Crippen LogP contribution in [0.1, 0.15) is 31.4 Å². The van der Waals surface area contributed by atoms with E-state index in [0.29, 0.717) is 34.4 Å². The van der Waals surface area contributed by atoms with Gasteiger partial charge < -0.3 is 10.2 Å². The van der Waals surface area contributed by atoms with Crippen molar-refractivity contribution < 1.29 is 15.0 Å². The lowest BCUT2D eigenvalue weighted by Gasteiger charge is -2.22. The number of halogens is 2. The number of carboxylic acids is 1. The first-order valence-electron chi connectivity index (χ1n) is 6.26. The maximum atomic E-state index is 11.3. The highest BCUT2D eigenvalue weighted by Gasteiger charge is 2.41. The van der Waals surface area contributed by atoms with E-state index >= 15 is 0 Å². The molecule has 1 saturated carbocycles. The topological polar surface area (TPSA) is 57.5 Å². The van der Waals surface area contributed by atoms with E-state index in [4.69, 9.17) is 23.2 Å². The van der Waals surface area contributed by atoms with Gasteiger partial charge in [0.2, 0.25) is 0 Å². The molecule has 0 saturated heterocycles. The average Bonchev–Trinajstić information content (AvgIpc) is 2.74. The minimum absolute atomic E-state index is 0.273. The molecule has 1 aliphatic rings. The summed E-state index contributed by atoms with van der Waals surface area (Å²) in [5, 5.41) is 20.4. The Labute approximate surface area is 122 Å². The molecule has 4 unspecified atom stereocenters. The number of carbonyl (C=O) groups is 1. The Bertz CT molecular complexity index is 490. The Balaban J connectivity index is 2.24. The number of aliphatic carboxylic acids is 1. The van der Waals surface area contributed by atoms with Crippen molar-refractivity contribution in [3.05, 3.63) is 33.8 Å². The molecule has 104 valence electrons. The zero-order chi connectivity index (χ0) is 14.2. The standard InChI is InChI=1S/C14H16Cl2O3/c1-7-4-9(10(5-7)14(18)19)13(17)8-2-3-11(15)12(16)6-8/h2-3,6-7,9-10,13,17H,4-5H2,1H3,(H,18,19). The second-order valence-corrected chi connectivity index (χ2v) is 6.12. The molecule has 0 bridgehead atoms. The van der Waals surface area contributed by atoms with Crippen LogP contribution in [0.4, 0.5) is 0 Å². The number of aliphatic hydroxyl groups is 1. The summed E-state index contributed by atoms with van der Waals surface area (Å²) in [4.78, 5) is 11.3. The van der Waals surface area contributed by atoms with E-state index in [1.807, 2.05) is 6.92 Å². The van der Waals surface area contributed by atoms with Crippen LogP contribution in [0.15, 0.2) is 18.2 Å². The highest BCUT2D eigenvalue weighted by molar-refractivity contribution is 6.42.